The van der Waals surface area contributed by atoms with Gasteiger partial charge in [0.2, 0.25) is 0 Å². The summed E-state index contributed by atoms with van der Waals surface area (Å²) >= 11 is 1.78. The fourth-order valence-corrected chi connectivity index (χ4v) is 4.77. The zero-order valence-corrected chi connectivity index (χ0v) is 12.8. The first-order chi connectivity index (χ1) is 9.56. The highest BCUT2D eigenvalue weighted by atomic mass is 32.1. The molecule has 2 atom stereocenters. The Bertz CT molecular complexity index is 679. The van der Waals surface area contributed by atoms with Crippen molar-refractivity contribution in [3.05, 3.63) is 37.2 Å². The molecule has 1 heterocycles. The van der Waals surface area contributed by atoms with Crippen LogP contribution in [-0.2, 0) is 19.3 Å². The number of rotatable bonds is 1. The molecule has 0 fully saturated rings. The molecule has 3 heteroatoms. The summed E-state index contributed by atoms with van der Waals surface area (Å²) in [5.41, 5.74) is 1.66. The van der Waals surface area contributed by atoms with E-state index in [0.29, 0.717) is 6.42 Å². The van der Waals surface area contributed by atoms with Crippen molar-refractivity contribution in [3.63, 3.8) is 0 Å². The van der Waals surface area contributed by atoms with Gasteiger partial charge in [0.15, 0.2) is 5.43 Å². The van der Waals surface area contributed by atoms with Gasteiger partial charge in [-0.05, 0) is 32.1 Å². The summed E-state index contributed by atoms with van der Waals surface area (Å²) in [7, 11) is 0. The summed E-state index contributed by atoms with van der Waals surface area (Å²) in [6.45, 7) is 4.17. The van der Waals surface area contributed by atoms with E-state index in [1.54, 1.807) is 11.3 Å². The molecule has 0 bridgehead atoms. The van der Waals surface area contributed by atoms with Crippen molar-refractivity contribution >= 4 is 17.4 Å². The van der Waals surface area contributed by atoms with Crippen LogP contribution in [0.5, 0.6) is 0 Å². The second-order valence-electron chi connectivity index (χ2n) is 6.23. The van der Waals surface area contributed by atoms with E-state index >= 15 is 0 Å². The smallest absolute Gasteiger partial charge is 0.191 e. The van der Waals surface area contributed by atoms with E-state index in [4.69, 9.17) is 0 Å². The molecule has 0 N–H and O–H groups in total. The monoisotopic (exact) mass is 285 g/mol. The predicted octanol–water partition coefficient (Wildman–Crippen LogP) is 3.72. The van der Waals surface area contributed by atoms with Gasteiger partial charge in [-0.2, -0.15) is 5.26 Å². The first-order valence-corrected chi connectivity index (χ1v) is 8.16. The molecule has 2 aliphatic carbocycles. The van der Waals surface area contributed by atoms with Crippen LogP contribution in [-0.4, -0.2) is 0 Å². The molecule has 2 nitrogen and oxygen atoms in total. The third-order valence-electron chi connectivity index (χ3n) is 4.66. The van der Waals surface area contributed by atoms with Gasteiger partial charge in [-0.3, -0.25) is 4.79 Å². The van der Waals surface area contributed by atoms with Gasteiger partial charge < -0.3 is 0 Å². The third kappa shape index (κ3) is 2.13. The Kier molecular flexibility index (Phi) is 3.30. The fourth-order valence-electron chi connectivity index (χ4n) is 3.20. The van der Waals surface area contributed by atoms with E-state index in [1.165, 1.54) is 11.3 Å². The van der Waals surface area contributed by atoms with Gasteiger partial charge in [0.1, 0.15) is 0 Å². The second kappa shape index (κ2) is 4.86. The highest BCUT2D eigenvalue weighted by molar-refractivity contribution is 7.12. The summed E-state index contributed by atoms with van der Waals surface area (Å²) in [6, 6.07) is 2.36. The summed E-state index contributed by atoms with van der Waals surface area (Å²) in [6.07, 6.45) is 8.77. The Hall–Kier alpha value is -1.40. The van der Waals surface area contributed by atoms with E-state index in [0.717, 1.165) is 41.2 Å². The molecule has 0 aliphatic heterocycles. The number of allylic oxidation sites excluding steroid dienone is 1. The summed E-state index contributed by atoms with van der Waals surface area (Å²) in [5.74, 6) is 0.720. The molecule has 1 aromatic heterocycles. The SMILES string of the molecule is CCC1CCc2c(sc3c(c2=O)C=CC(C)(C#N)C3)C1. The lowest BCUT2D eigenvalue weighted by Gasteiger charge is -2.27. The van der Waals surface area contributed by atoms with Crippen LogP contribution in [0.4, 0.5) is 0 Å². The zero-order chi connectivity index (χ0) is 14.3. The largest absolute Gasteiger partial charge is 0.289 e. The lowest BCUT2D eigenvalue weighted by atomic mass is 9.81. The molecule has 0 saturated carbocycles. The quantitative estimate of drug-likeness (QED) is 0.789. The van der Waals surface area contributed by atoms with E-state index < -0.39 is 5.41 Å². The number of hydrogen-bond donors (Lipinski definition) is 0. The van der Waals surface area contributed by atoms with Gasteiger partial charge in [-0.15, -0.1) is 11.3 Å². The van der Waals surface area contributed by atoms with E-state index in [2.05, 4.69) is 13.0 Å². The fraction of sp³-hybridized carbons (Fsp3) is 0.529. The van der Waals surface area contributed by atoms with Gasteiger partial charge in [0.05, 0.1) is 11.5 Å². The molecule has 0 radical (unpaired) electrons. The van der Waals surface area contributed by atoms with Gasteiger partial charge >= 0.3 is 0 Å². The maximum absolute atomic E-state index is 12.6. The van der Waals surface area contributed by atoms with Crippen LogP contribution in [0.25, 0.3) is 6.08 Å². The second-order valence-corrected chi connectivity index (χ2v) is 7.42. The number of hydrogen-bond acceptors (Lipinski definition) is 3. The summed E-state index contributed by atoms with van der Waals surface area (Å²) in [4.78, 5) is 15.0. The van der Waals surface area contributed by atoms with Crippen molar-refractivity contribution < 1.29 is 0 Å². The Morgan fingerprint density at radius 3 is 3.00 bits per heavy atom. The maximum Gasteiger partial charge on any atom is 0.191 e. The Labute approximate surface area is 123 Å². The van der Waals surface area contributed by atoms with E-state index in [9.17, 15) is 10.1 Å². The minimum atomic E-state index is -0.455. The molecule has 0 saturated heterocycles. The first-order valence-electron chi connectivity index (χ1n) is 7.34. The van der Waals surface area contributed by atoms with Crippen LogP contribution in [0.2, 0.25) is 0 Å². The van der Waals surface area contributed by atoms with Crippen molar-refractivity contribution in [2.45, 2.75) is 46.0 Å². The number of fused-ring (bicyclic) bond motifs is 2. The Morgan fingerprint density at radius 1 is 1.50 bits per heavy atom. The van der Waals surface area contributed by atoms with Gasteiger partial charge in [0, 0.05) is 27.3 Å². The molecule has 0 spiro atoms. The van der Waals surface area contributed by atoms with Crippen molar-refractivity contribution in [1.29, 1.82) is 5.26 Å². The maximum atomic E-state index is 12.6. The molecule has 2 unspecified atom stereocenters. The van der Waals surface area contributed by atoms with Crippen LogP contribution in [0.3, 0.4) is 0 Å². The number of nitriles is 1. The minimum Gasteiger partial charge on any atom is -0.289 e. The molecule has 20 heavy (non-hydrogen) atoms. The normalized spacial score (nSPS) is 27.6. The highest BCUT2D eigenvalue weighted by Gasteiger charge is 2.30. The lowest BCUT2D eigenvalue weighted by molar-refractivity contribution is 0.448. The minimum absolute atomic E-state index is 0.222. The van der Waals surface area contributed by atoms with Crippen LogP contribution in [0, 0.1) is 22.7 Å². The van der Waals surface area contributed by atoms with Crippen LogP contribution in [0.15, 0.2) is 10.9 Å². The first kappa shape index (κ1) is 13.6. The predicted molar refractivity (Wildman–Crippen MR) is 82.9 cm³/mol. The molecule has 2 aliphatic rings. The van der Waals surface area contributed by atoms with Crippen LogP contribution < -0.4 is 5.43 Å². The van der Waals surface area contributed by atoms with E-state index in [1.807, 2.05) is 19.1 Å². The average Bonchev–Trinajstić information content (AvgIpc) is 2.46. The summed E-state index contributed by atoms with van der Waals surface area (Å²) in [5, 5.41) is 9.29. The van der Waals surface area contributed by atoms with Gasteiger partial charge in [0.25, 0.3) is 0 Å². The van der Waals surface area contributed by atoms with Crippen molar-refractivity contribution in [2.24, 2.45) is 11.3 Å². The molecule has 104 valence electrons. The molecule has 1 aromatic rings. The Morgan fingerprint density at radius 2 is 2.30 bits per heavy atom. The van der Waals surface area contributed by atoms with Crippen LogP contribution >= 0.6 is 11.3 Å². The third-order valence-corrected chi connectivity index (χ3v) is 5.93. The van der Waals surface area contributed by atoms with Crippen molar-refractivity contribution in [1.82, 2.24) is 0 Å². The topological polar surface area (TPSA) is 40.9 Å². The van der Waals surface area contributed by atoms with Gasteiger partial charge in [-0.25, -0.2) is 0 Å². The number of nitrogens with zero attached hydrogens (tertiary/aromatic N) is 1. The standard InChI is InChI=1S/C17H19NOS/c1-3-11-4-5-12-14(8-11)20-15-9-17(2,10-18)7-6-13(15)16(12)19/h6-7,11H,3-5,8-9H2,1-2H3. The molecular formula is C17H19NOS. The zero-order valence-electron chi connectivity index (χ0n) is 12.0. The van der Waals surface area contributed by atoms with E-state index in [-0.39, 0.29) is 5.43 Å². The Balaban J connectivity index is 2.10. The highest BCUT2D eigenvalue weighted by Crippen LogP contribution is 2.37. The van der Waals surface area contributed by atoms with Crippen molar-refractivity contribution in [2.75, 3.05) is 0 Å². The van der Waals surface area contributed by atoms with Gasteiger partial charge in [-0.1, -0.05) is 25.5 Å². The van der Waals surface area contributed by atoms with Crippen LogP contribution in [0.1, 0.15) is 47.6 Å². The van der Waals surface area contributed by atoms with Crippen molar-refractivity contribution in [3.8, 4) is 6.07 Å². The molecule has 0 amide bonds. The average molecular weight is 285 g/mol. The molecular weight excluding hydrogens is 266 g/mol. The molecule has 3 rings (SSSR count). The summed E-state index contributed by atoms with van der Waals surface area (Å²) < 4.78 is 0. The lowest BCUT2D eigenvalue weighted by Crippen LogP contribution is -2.26. The molecule has 0 aromatic carbocycles.